The Bertz CT molecular complexity index is 130. The quantitative estimate of drug-likeness (QED) is 0.734. The zero-order valence-electron chi connectivity index (χ0n) is 9.18. The van der Waals surface area contributed by atoms with Crippen LogP contribution in [0.25, 0.3) is 0 Å². The van der Waals surface area contributed by atoms with Gasteiger partial charge in [-0.15, -0.1) is 0 Å². The molecule has 0 spiro atoms. The average Bonchev–Trinajstić information content (AvgIpc) is 2.57. The van der Waals surface area contributed by atoms with E-state index >= 15 is 0 Å². The Balaban J connectivity index is 2.36. The van der Waals surface area contributed by atoms with Crippen molar-refractivity contribution in [2.75, 3.05) is 12.3 Å². The van der Waals surface area contributed by atoms with Crippen molar-refractivity contribution in [1.29, 1.82) is 0 Å². The standard InChI is InChI=1S/C11H23NS/c1-4-7-12-11(9(2)3)10-6-5-8-13-10/h9-12H,4-8H2,1-3H3. The summed E-state index contributed by atoms with van der Waals surface area (Å²) in [6, 6.07) is 0.743. The van der Waals surface area contributed by atoms with E-state index in [0.717, 1.165) is 17.2 Å². The van der Waals surface area contributed by atoms with Gasteiger partial charge >= 0.3 is 0 Å². The molecule has 0 aromatic rings. The van der Waals surface area contributed by atoms with Crippen LogP contribution in [0.4, 0.5) is 0 Å². The molecule has 78 valence electrons. The maximum atomic E-state index is 3.69. The van der Waals surface area contributed by atoms with Gasteiger partial charge in [-0.2, -0.15) is 11.8 Å². The molecule has 13 heavy (non-hydrogen) atoms. The van der Waals surface area contributed by atoms with Gasteiger partial charge in [-0.05, 0) is 37.5 Å². The Hall–Kier alpha value is 0.310. The topological polar surface area (TPSA) is 12.0 Å². The molecule has 1 N–H and O–H groups in total. The highest BCUT2D eigenvalue weighted by atomic mass is 32.2. The van der Waals surface area contributed by atoms with E-state index < -0.39 is 0 Å². The summed E-state index contributed by atoms with van der Waals surface area (Å²) in [7, 11) is 0. The summed E-state index contributed by atoms with van der Waals surface area (Å²) in [4.78, 5) is 0. The highest BCUT2D eigenvalue weighted by Crippen LogP contribution is 2.31. The normalized spacial score (nSPS) is 25.4. The fraction of sp³-hybridized carbons (Fsp3) is 1.00. The summed E-state index contributed by atoms with van der Waals surface area (Å²) in [5, 5.41) is 4.57. The molecule has 1 heterocycles. The molecule has 0 aliphatic carbocycles. The molecule has 0 aromatic heterocycles. The van der Waals surface area contributed by atoms with Gasteiger partial charge in [-0.25, -0.2) is 0 Å². The van der Waals surface area contributed by atoms with E-state index in [1.54, 1.807) is 0 Å². The molecular formula is C11H23NS. The number of thioether (sulfide) groups is 1. The Morgan fingerprint density at radius 2 is 2.23 bits per heavy atom. The molecule has 1 nitrogen and oxygen atoms in total. The highest BCUT2D eigenvalue weighted by molar-refractivity contribution is 8.00. The summed E-state index contributed by atoms with van der Waals surface area (Å²) in [5.74, 6) is 2.16. The molecular weight excluding hydrogens is 178 g/mol. The molecule has 1 saturated heterocycles. The molecule has 0 aromatic carbocycles. The monoisotopic (exact) mass is 201 g/mol. The first-order chi connectivity index (χ1) is 6.25. The maximum Gasteiger partial charge on any atom is 0.0209 e. The van der Waals surface area contributed by atoms with Gasteiger partial charge in [0.25, 0.3) is 0 Å². The van der Waals surface area contributed by atoms with Gasteiger partial charge in [0.05, 0.1) is 0 Å². The third-order valence-electron chi connectivity index (χ3n) is 2.71. The van der Waals surface area contributed by atoms with Crippen LogP contribution in [0.15, 0.2) is 0 Å². The smallest absolute Gasteiger partial charge is 0.0209 e. The lowest BCUT2D eigenvalue weighted by atomic mass is 9.98. The number of hydrogen-bond acceptors (Lipinski definition) is 2. The van der Waals surface area contributed by atoms with Crippen molar-refractivity contribution in [3.05, 3.63) is 0 Å². The molecule has 0 radical (unpaired) electrons. The Morgan fingerprint density at radius 3 is 2.69 bits per heavy atom. The molecule has 1 aliphatic heterocycles. The first-order valence-electron chi connectivity index (χ1n) is 5.60. The van der Waals surface area contributed by atoms with E-state index in [-0.39, 0.29) is 0 Å². The van der Waals surface area contributed by atoms with Crippen molar-refractivity contribution >= 4 is 11.8 Å². The largest absolute Gasteiger partial charge is 0.313 e. The second-order valence-electron chi connectivity index (χ2n) is 4.28. The zero-order chi connectivity index (χ0) is 9.68. The van der Waals surface area contributed by atoms with Gasteiger partial charge in [0.15, 0.2) is 0 Å². The van der Waals surface area contributed by atoms with Crippen molar-refractivity contribution in [1.82, 2.24) is 5.32 Å². The van der Waals surface area contributed by atoms with Crippen LogP contribution in [0.1, 0.15) is 40.0 Å². The van der Waals surface area contributed by atoms with E-state index in [1.165, 1.54) is 31.6 Å². The van der Waals surface area contributed by atoms with Crippen LogP contribution in [-0.4, -0.2) is 23.6 Å². The number of hydrogen-bond donors (Lipinski definition) is 1. The third-order valence-corrected chi connectivity index (χ3v) is 4.20. The van der Waals surface area contributed by atoms with Crippen molar-refractivity contribution in [3.8, 4) is 0 Å². The minimum Gasteiger partial charge on any atom is -0.313 e. The zero-order valence-corrected chi connectivity index (χ0v) is 9.99. The van der Waals surface area contributed by atoms with E-state index in [1.807, 2.05) is 0 Å². The lowest BCUT2D eigenvalue weighted by Gasteiger charge is -2.27. The van der Waals surface area contributed by atoms with Gasteiger partial charge in [0.2, 0.25) is 0 Å². The molecule has 2 atom stereocenters. The fourth-order valence-electron chi connectivity index (χ4n) is 1.99. The summed E-state index contributed by atoms with van der Waals surface area (Å²) in [6.07, 6.45) is 4.09. The summed E-state index contributed by atoms with van der Waals surface area (Å²) >= 11 is 2.17. The summed E-state index contributed by atoms with van der Waals surface area (Å²) < 4.78 is 0. The average molecular weight is 201 g/mol. The number of rotatable bonds is 5. The lowest BCUT2D eigenvalue weighted by molar-refractivity contribution is 0.383. The molecule has 2 unspecified atom stereocenters. The Morgan fingerprint density at radius 1 is 1.46 bits per heavy atom. The van der Waals surface area contributed by atoms with Gasteiger partial charge in [0, 0.05) is 11.3 Å². The van der Waals surface area contributed by atoms with Gasteiger partial charge in [0.1, 0.15) is 0 Å². The predicted octanol–water partition coefficient (Wildman–Crippen LogP) is 2.91. The molecule has 0 bridgehead atoms. The minimum atomic E-state index is 0.743. The van der Waals surface area contributed by atoms with E-state index in [9.17, 15) is 0 Å². The lowest BCUT2D eigenvalue weighted by Crippen LogP contribution is -2.41. The molecule has 0 saturated carbocycles. The first-order valence-corrected chi connectivity index (χ1v) is 6.65. The Kier molecular flexibility index (Phi) is 5.18. The summed E-state index contributed by atoms with van der Waals surface area (Å²) in [6.45, 7) is 8.10. The SMILES string of the molecule is CCCNC(C(C)C)C1CCCS1. The van der Waals surface area contributed by atoms with E-state index in [0.29, 0.717) is 0 Å². The van der Waals surface area contributed by atoms with Crippen LogP contribution >= 0.6 is 11.8 Å². The second kappa shape index (κ2) is 5.92. The molecule has 2 heteroatoms. The predicted molar refractivity (Wildman–Crippen MR) is 62.4 cm³/mol. The molecule has 0 amide bonds. The van der Waals surface area contributed by atoms with Gasteiger partial charge < -0.3 is 5.32 Å². The third kappa shape index (κ3) is 3.51. The van der Waals surface area contributed by atoms with Crippen LogP contribution in [0, 0.1) is 5.92 Å². The van der Waals surface area contributed by atoms with Crippen molar-refractivity contribution in [3.63, 3.8) is 0 Å². The summed E-state index contributed by atoms with van der Waals surface area (Å²) in [5.41, 5.74) is 0. The highest BCUT2D eigenvalue weighted by Gasteiger charge is 2.26. The molecule has 1 aliphatic rings. The van der Waals surface area contributed by atoms with Crippen LogP contribution in [0.3, 0.4) is 0 Å². The van der Waals surface area contributed by atoms with Gasteiger partial charge in [-0.3, -0.25) is 0 Å². The fourth-order valence-corrected chi connectivity index (χ4v) is 3.58. The second-order valence-corrected chi connectivity index (χ2v) is 5.62. The van der Waals surface area contributed by atoms with Crippen LogP contribution < -0.4 is 5.32 Å². The number of nitrogens with one attached hydrogen (secondary N) is 1. The maximum absolute atomic E-state index is 3.69. The van der Waals surface area contributed by atoms with Crippen LogP contribution in [0.2, 0.25) is 0 Å². The first kappa shape index (κ1) is 11.4. The van der Waals surface area contributed by atoms with Gasteiger partial charge in [-0.1, -0.05) is 20.8 Å². The van der Waals surface area contributed by atoms with E-state index in [4.69, 9.17) is 0 Å². The van der Waals surface area contributed by atoms with Crippen molar-refractivity contribution in [2.24, 2.45) is 5.92 Å². The van der Waals surface area contributed by atoms with Crippen LogP contribution in [0.5, 0.6) is 0 Å². The van der Waals surface area contributed by atoms with Crippen LogP contribution in [-0.2, 0) is 0 Å². The van der Waals surface area contributed by atoms with Crippen molar-refractivity contribution in [2.45, 2.75) is 51.3 Å². The molecule has 1 fully saturated rings. The van der Waals surface area contributed by atoms with Crippen molar-refractivity contribution < 1.29 is 0 Å². The minimum absolute atomic E-state index is 0.743. The van der Waals surface area contributed by atoms with E-state index in [2.05, 4.69) is 37.8 Å². The molecule has 1 rings (SSSR count). The Labute approximate surface area is 87.1 Å².